The maximum Gasteiger partial charge on any atom is 0.304 e. The molecule has 0 amide bonds. The van der Waals surface area contributed by atoms with Gasteiger partial charge in [-0.05, 0) is 75.2 Å². The number of aliphatic carboxylic acids is 1. The van der Waals surface area contributed by atoms with Crippen LogP contribution >= 0.6 is 0 Å². The summed E-state index contributed by atoms with van der Waals surface area (Å²) in [5.41, 5.74) is 4.20. The molecule has 4 rings (SSSR count). The third-order valence-electron chi connectivity index (χ3n) is 7.70. The summed E-state index contributed by atoms with van der Waals surface area (Å²) in [4.78, 5) is 13.3. The molecule has 33 heavy (non-hydrogen) atoms. The van der Waals surface area contributed by atoms with E-state index in [2.05, 4.69) is 78.9 Å². The van der Waals surface area contributed by atoms with E-state index in [0.29, 0.717) is 12.5 Å². The summed E-state index contributed by atoms with van der Waals surface area (Å²) in [7, 11) is 4.45. The number of carbonyl (C=O) groups is 1. The Balaban J connectivity index is 1.29. The van der Waals surface area contributed by atoms with Crippen LogP contribution in [-0.4, -0.2) is 48.8 Å². The minimum absolute atomic E-state index is 0.0234. The zero-order valence-corrected chi connectivity index (χ0v) is 20.0. The van der Waals surface area contributed by atoms with E-state index in [4.69, 9.17) is 9.84 Å². The standard InChI is InChI=1S/C28H38N2O3/c1-30(2)28(24-9-4-3-5-10-24)13-11-21(12-14-28)15-22-7-6-8-23(16-22)20-33-26-17-25(29-19-26)18-27(31)32/h3-10,16,21,25-26,29H,11-15,17-20H2,1-2H3,(H,31,32)/t21-,25-,26-,28-/m0/s1. The van der Waals surface area contributed by atoms with Crippen molar-refractivity contribution in [2.75, 3.05) is 20.6 Å². The van der Waals surface area contributed by atoms with Crippen LogP contribution in [0.1, 0.15) is 55.2 Å². The van der Waals surface area contributed by atoms with Gasteiger partial charge in [0.2, 0.25) is 0 Å². The molecule has 1 aliphatic heterocycles. The highest BCUT2D eigenvalue weighted by Crippen LogP contribution is 2.43. The average Bonchev–Trinajstić information content (AvgIpc) is 3.25. The van der Waals surface area contributed by atoms with E-state index in [1.807, 2.05) is 0 Å². The minimum atomic E-state index is -0.754. The molecule has 2 aromatic carbocycles. The summed E-state index contributed by atoms with van der Waals surface area (Å²) in [6, 6.07) is 19.8. The molecule has 0 radical (unpaired) electrons. The summed E-state index contributed by atoms with van der Waals surface area (Å²) in [6.07, 6.45) is 7.03. The van der Waals surface area contributed by atoms with Crippen molar-refractivity contribution in [1.82, 2.24) is 10.2 Å². The van der Waals surface area contributed by atoms with Gasteiger partial charge < -0.3 is 15.2 Å². The van der Waals surface area contributed by atoms with Crippen LogP contribution in [0.25, 0.3) is 0 Å². The fourth-order valence-electron chi connectivity index (χ4n) is 5.77. The molecule has 0 spiro atoms. The zero-order valence-electron chi connectivity index (χ0n) is 20.0. The molecule has 2 aromatic rings. The molecule has 2 N–H and O–H groups in total. The highest BCUT2D eigenvalue weighted by atomic mass is 16.5. The Morgan fingerprint density at radius 3 is 2.52 bits per heavy atom. The van der Waals surface area contributed by atoms with Crippen molar-refractivity contribution in [3.63, 3.8) is 0 Å². The summed E-state index contributed by atoms with van der Waals surface area (Å²) >= 11 is 0. The SMILES string of the molecule is CN(C)[C@]1(c2ccccc2)CC[C@@H](Cc2cccc(CO[C@@H]3CN[C@H](CC(=O)O)C3)c2)CC1. The fourth-order valence-corrected chi connectivity index (χ4v) is 5.77. The van der Waals surface area contributed by atoms with Crippen LogP contribution in [0.3, 0.4) is 0 Å². The molecular weight excluding hydrogens is 412 g/mol. The van der Waals surface area contributed by atoms with Crippen molar-refractivity contribution in [2.24, 2.45) is 5.92 Å². The summed E-state index contributed by atoms with van der Waals surface area (Å²) in [5.74, 6) is -0.0380. The molecular formula is C28H38N2O3. The van der Waals surface area contributed by atoms with Gasteiger partial charge in [0, 0.05) is 18.1 Å². The van der Waals surface area contributed by atoms with E-state index in [-0.39, 0.29) is 24.1 Å². The van der Waals surface area contributed by atoms with Crippen LogP contribution in [0, 0.1) is 5.92 Å². The molecule has 0 bridgehead atoms. The molecule has 0 unspecified atom stereocenters. The Bertz CT molecular complexity index is 906. The van der Waals surface area contributed by atoms with E-state index in [1.165, 1.54) is 42.4 Å². The number of carboxylic acids is 1. The van der Waals surface area contributed by atoms with E-state index in [0.717, 1.165) is 19.4 Å². The molecule has 0 aromatic heterocycles. The lowest BCUT2D eigenvalue weighted by Gasteiger charge is -2.45. The number of carboxylic acid groups (broad SMARTS) is 1. The molecule has 2 atom stereocenters. The highest BCUT2D eigenvalue weighted by Gasteiger charge is 2.38. The lowest BCUT2D eigenvalue weighted by atomic mass is 9.70. The van der Waals surface area contributed by atoms with Gasteiger partial charge in [-0.15, -0.1) is 0 Å². The topological polar surface area (TPSA) is 61.8 Å². The quantitative estimate of drug-likeness (QED) is 0.585. The van der Waals surface area contributed by atoms with Crippen LogP contribution in [-0.2, 0) is 28.1 Å². The smallest absolute Gasteiger partial charge is 0.304 e. The van der Waals surface area contributed by atoms with Crippen molar-refractivity contribution in [3.8, 4) is 0 Å². The Labute approximate surface area is 198 Å². The Hall–Kier alpha value is -2.21. The third kappa shape index (κ3) is 6.03. The van der Waals surface area contributed by atoms with Crippen molar-refractivity contribution in [1.29, 1.82) is 0 Å². The predicted octanol–water partition coefficient (Wildman–Crippen LogP) is 4.60. The van der Waals surface area contributed by atoms with Crippen LogP contribution in [0.4, 0.5) is 0 Å². The number of nitrogens with zero attached hydrogens (tertiary/aromatic N) is 1. The second-order valence-electron chi connectivity index (χ2n) is 10.1. The Morgan fingerprint density at radius 1 is 1.09 bits per heavy atom. The first-order valence-electron chi connectivity index (χ1n) is 12.3. The van der Waals surface area contributed by atoms with E-state index in [9.17, 15) is 4.79 Å². The monoisotopic (exact) mass is 450 g/mol. The average molecular weight is 451 g/mol. The van der Waals surface area contributed by atoms with Crippen molar-refractivity contribution < 1.29 is 14.6 Å². The lowest BCUT2D eigenvalue weighted by Crippen LogP contribution is -2.44. The Kier molecular flexibility index (Phi) is 7.84. The second-order valence-corrected chi connectivity index (χ2v) is 10.1. The summed E-state index contributed by atoms with van der Waals surface area (Å²) < 4.78 is 6.09. The van der Waals surface area contributed by atoms with Crippen molar-refractivity contribution in [2.45, 2.75) is 69.2 Å². The van der Waals surface area contributed by atoms with Gasteiger partial charge in [0.15, 0.2) is 0 Å². The van der Waals surface area contributed by atoms with Crippen LogP contribution in [0.2, 0.25) is 0 Å². The first-order chi connectivity index (χ1) is 15.9. The predicted molar refractivity (Wildman–Crippen MR) is 131 cm³/mol. The van der Waals surface area contributed by atoms with Gasteiger partial charge in [0.25, 0.3) is 0 Å². The molecule has 1 saturated heterocycles. The second kappa shape index (κ2) is 10.8. The number of ether oxygens (including phenoxy) is 1. The third-order valence-corrected chi connectivity index (χ3v) is 7.70. The lowest BCUT2D eigenvalue weighted by molar-refractivity contribution is -0.137. The van der Waals surface area contributed by atoms with Crippen LogP contribution in [0.15, 0.2) is 54.6 Å². The first-order valence-corrected chi connectivity index (χ1v) is 12.3. The highest BCUT2D eigenvalue weighted by molar-refractivity contribution is 5.67. The maximum absolute atomic E-state index is 10.9. The van der Waals surface area contributed by atoms with E-state index >= 15 is 0 Å². The van der Waals surface area contributed by atoms with Crippen LogP contribution in [0.5, 0.6) is 0 Å². The van der Waals surface area contributed by atoms with E-state index < -0.39 is 5.97 Å². The molecule has 1 aliphatic carbocycles. The largest absolute Gasteiger partial charge is 0.481 e. The Morgan fingerprint density at radius 2 is 1.82 bits per heavy atom. The molecule has 5 nitrogen and oxygen atoms in total. The molecule has 178 valence electrons. The summed E-state index contributed by atoms with van der Waals surface area (Å²) in [5, 5.41) is 12.2. The normalized spacial score (nSPS) is 27.7. The molecule has 1 heterocycles. The number of rotatable bonds is 9. The fraction of sp³-hybridized carbons (Fsp3) is 0.536. The van der Waals surface area contributed by atoms with Gasteiger partial charge in [0.05, 0.1) is 19.1 Å². The molecule has 2 aliphatic rings. The summed E-state index contributed by atoms with van der Waals surface area (Å²) in [6.45, 7) is 1.32. The first kappa shape index (κ1) is 23.9. The molecule has 2 fully saturated rings. The van der Waals surface area contributed by atoms with E-state index in [1.54, 1.807) is 0 Å². The number of benzene rings is 2. The molecule has 5 heteroatoms. The number of hydrogen-bond acceptors (Lipinski definition) is 4. The maximum atomic E-state index is 10.9. The van der Waals surface area contributed by atoms with Crippen molar-refractivity contribution in [3.05, 3.63) is 71.3 Å². The van der Waals surface area contributed by atoms with Gasteiger partial charge in [0.1, 0.15) is 0 Å². The van der Waals surface area contributed by atoms with Gasteiger partial charge in [-0.25, -0.2) is 0 Å². The number of hydrogen-bond donors (Lipinski definition) is 2. The van der Waals surface area contributed by atoms with Crippen molar-refractivity contribution >= 4 is 5.97 Å². The zero-order chi connectivity index (χ0) is 23.3. The van der Waals surface area contributed by atoms with Gasteiger partial charge >= 0.3 is 5.97 Å². The van der Waals surface area contributed by atoms with Gasteiger partial charge in [-0.1, -0.05) is 54.6 Å². The molecule has 1 saturated carbocycles. The van der Waals surface area contributed by atoms with Gasteiger partial charge in [-0.2, -0.15) is 0 Å². The van der Waals surface area contributed by atoms with Gasteiger partial charge in [-0.3, -0.25) is 9.69 Å². The number of nitrogens with one attached hydrogen (secondary N) is 1. The van der Waals surface area contributed by atoms with Crippen LogP contribution < -0.4 is 5.32 Å². The minimum Gasteiger partial charge on any atom is -0.481 e.